The van der Waals surface area contributed by atoms with Gasteiger partial charge < -0.3 is 0 Å². The molecule has 0 aromatic carbocycles. The standard InChI is InChI=1S/C9H13BrN2O/c1-4-7(13)5-8-9(10)6(2)11-12(8)3/h4-5H2,1-3H3. The van der Waals surface area contributed by atoms with Gasteiger partial charge in [-0.3, -0.25) is 9.48 Å². The Morgan fingerprint density at radius 3 is 2.62 bits per heavy atom. The summed E-state index contributed by atoms with van der Waals surface area (Å²) in [6.45, 7) is 3.80. The summed E-state index contributed by atoms with van der Waals surface area (Å²) in [7, 11) is 1.86. The molecule has 0 fully saturated rings. The first-order valence-corrected chi connectivity index (χ1v) is 5.05. The van der Waals surface area contributed by atoms with Crippen molar-refractivity contribution >= 4 is 21.7 Å². The maximum absolute atomic E-state index is 11.2. The van der Waals surface area contributed by atoms with Gasteiger partial charge in [0.05, 0.1) is 15.9 Å². The second kappa shape index (κ2) is 4.05. The average molecular weight is 245 g/mol. The van der Waals surface area contributed by atoms with Crippen LogP contribution in [0.3, 0.4) is 0 Å². The van der Waals surface area contributed by atoms with E-state index in [1.54, 1.807) is 4.68 Å². The van der Waals surface area contributed by atoms with Gasteiger partial charge in [0.15, 0.2) is 0 Å². The minimum atomic E-state index is 0.240. The molecule has 1 heterocycles. The van der Waals surface area contributed by atoms with Gasteiger partial charge in [0, 0.05) is 19.9 Å². The zero-order chi connectivity index (χ0) is 10.0. The van der Waals surface area contributed by atoms with Crippen LogP contribution in [0, 0.1) is 6.92 Å². The molecule has 72 valence electrons. The number of aryl methyl sites for hydroxylation is 2. The van der Waals surface area contributed by atoms with Crippen LogP contribution in [-0.4, -0.2) is 15.6 Å². The first-order chi connectivity index (χ1) is 6.06. The zero-order valence-corrected chi connectivity index (χ0v) is 9.68. The highest BCUT2D eigenvalue weighted by Gasteiger charge is 2.12. The minimum Gasteiger partial charge on any atom is -0.299 e. The Bertz CT molecular complexity index is 331. The van der Waals surface area contributed by atoms with Crippen LogP contribution < -0.4 is 0 Å². The van der Waals surface area contributed by atoms with Crippen LogP contribution in [0.1, 0.15) is 24.7 Å². The van der Waals surface area contributed by atoms with Crippen molar-refractivity contribution in [2.24, 2.45) is 7.05 Å². The van der Waals surface area contributed by atoms with E-state index in [2.05, 4.69) is 21.0 Å². The number of nitrogens with zero attached hydrogens (tertiary/aromatic N) is 2. The fraction of sp³-hybridized carbons (Fsp3) is 0.556. The number of carbonyl (C=O) groups excluding carboxylic acids is 1. The van der Waals surface area contributed by atoms with Crippen molar-refractivity contribution in [3.8, 4) is 0 Å². The highest BCUT2D eigenvalue weighted by molar-refractivity contribution is 9.10. The molecule has 1 rings (SSSR count). The lowest BCUT2D eigenvalue weighted by molar-refractivity contribution is -0.118. The molecule has 0 spiro atoms. The van der Waals surface area contributed by atoms with Crippen molar-refractivity contribution < 1.29 is 4.79 Å². The maximum atomic E-state index is 11.2. The molecule has 0 atom stereocenters. The van der Waals surface area contributed by atoms with E-state index in [4.69, 9.17) is 0 Å². The fourth-order valence-corrected chi connectivity index (χ4v) is 1.66. The number of carbonyl (C=O) groups is 1. The SMILES string of the molecule is CCC(=O)Cc1c(Br)c(C)nn1C. The summed E-state index contributed by atoms with van der Waals surface area (Å²) in [5.41, 5.74) is 1.89. The van der Waals surface area contributed by atoms with E-state index < -0.39 is 0 Å². The van der Waals surface area contributed by atoms with Gasteiger partial charge in [-0.05, 0) is 22.9 Å². The summed E-state index contributed by atoms with van der Waals surface area (Å²) in [5, 5.41) is 4.22. The molecule has 0 amide bonds. The van der Waals surface area contributed by atoms with Gasteiger partial charge in [-0.15, -0.1) is 0 Å². The van der Waals surface area contributed by atoms with Crippen molar-refractivity contribution in [3.63, 3.8) is 0 Å². The van der Waals surface area contributed by atoms with Crippen LogP contribution in [0.4, 0.5) is 0 Å². The highest BCUT2D eigenvalue weighted by Crippen LogP contribution is 2.20. The lowest BCUT2D eigenvalue weighted by Crippen LogP contribution is -2.06. The van der Waals surface area contributed by atoms with E-state index in [1.165, 1.54) is 0 Å². The molecule has 0 N–H and O–H groups in total. The zero-order valence-electron chi connectivity index (χ0n) is 8.09. The lowest BCUT2D eigenvalue weighted by Gasteiger charge is -1.99. The summed E-state index contributed by atoms with van der Waals surface area (Å²) < 4.78 is 2.71. The Kier molecular flexibility index (Phi) is 3.25. The van der Waals surface area contributed by atoms with E-state index in [0.29, 0.717) is 12.8 Å². The van der Waals surface area contributed by atoms with Gasteiger partial charge in [-0.25, -0.2) is 0 Å². The summed E-state index contributed by atoms with van der Waals surface area (Å²) in [5.74, 6) is 0.240. The van der Waals surface area contributed by atoms with E-state index in [0.717, 1.165) is 15.9 Å². The molecule has 0 aliphatic rings. The quantitative estimate of drug-likeness (QED) is 0.816. The van der Waals surface area contributed by atoms with E-state index >= 15 is 0 Å². The van der Waals surface area contributed by atoms with Crippen LogP contribution in [0.15, 0.2) is 4.47 Å². The van der Waals surface area contributed by atoms with Crippen molar-refractivity contribution in [2.75, 3.05) is 0 Å². The summed E-state index contributed by atoms with van der Waals surface area (Å²) >= 11 is 3.42. The van der Waals surface area contributed by atoms with Gasteiger partial charge >= 0.3 is 0 Å². The van der Waals surface area contributed by atoms with Crippen LogP contribution in [-0.2, 0) is 18.3 Å². The number of ketones is 1. The molecule has 0 unspecified atom stereocenters. The number of aromatic nitrogens is 2. The van der Waals surface area contributed by atoms with Crippen LogP contribution in [0.2, 0.25) is 0 Å². The van der Waals surface area contributed by atoms with Gasteiger partial charge in [-0.1, -0.05) is 6.92 Å². The fourth-order valence-electron chi connectivity index (χ4n) is 1.18. The molecule has 1 aromatic heterocycles. The van der Waals surface area contributed by atoms with E-state index in [9.17, 15) is 4.79 Å². The van der Waals surface area contributed by atoms with E-state index in [-0.39, 0.29) is 5.78 Å². The Balaban J connectivity index is 2.94. The molecule has 0 aliphatic carbocycles. The molecule has 1 aromatic rings. The highest BCUT2D eigenvalue weighted by atomic mass is 79.9. The number of Topliss-reactive ketones (excluding diaryl/α,β-unsaturated/α-hetero) is 1. The van der Waals surface area contributed by atoms with Crippen molar-refractivity contribution in [3.05, 3.63) is 15.9 Å². The topological polar surface area (TPSA) is 34.9 Å². The van der Waals surface area contributed by atoms with Crippen LogP contribution in [0.25, 0.3) is 0 Å². The number of halogens is 1. The lowest BCUT2D eigenvalue weighted by atomic mass is 10.2. The second-order valence-corrected chi connectivity index (χ2v) is 3.83. The molecule has 13 heavy (non-hydrogen) atoms. The van der Waals surface area contributed by atoms with Crippen molar-refractivity contribution in [1.29, 1.82) is 0 Å². The number of rotatable bonds is 3. The Hall–Kier alpha value is -0.640. The van der Waals surface area contributed by atoms with Gasteiger partial charge in [0.2, 0.25) is 0 Å². The van der Waals surface area contributed by atoms with Crippen molar-refractivity contribution in [1.82, 2.24) is 9.78 Å². The monoisotopic (exact) mass is 244 g/mol. The molecular weight excluding hydrogens is 232 g/mol. The predicted molar refractivity (Wildman–Crippen MR) is 54.6 cm³/mol. The molecule has 4 heteroatoms. The minimum absolute atomic E-state index is 0.240. The predicted octanol–water partition coefficient (Wildman–Crippen LogP) is 2.01. The third-order valence-electron chi connectivity index (χ3n) is 2.02. The number of hydrogen-bond acceptors (Lipinski definition) is 2. The van der Waals surface area contributed by atoms with E-state index in [1.807, 2.05) is 20.9 Å². The van der Waals surface area contributed by atoms with Crippen LogP contribution in [0.5, 0.6) is 0 Å². The normalized spacial score (nSPS) is 10.5. The first kappa shape index (κ1) is 10.4. The second-order valence-electron chi connectivity index (χ2n) is 3.04. The van der Waals surface area contributed by atoms with Crippen LogP contribution >= 0.6 is 15.9 Å². The third kappa shape index (κ3) is 2.18. The smallest absolute Gasteiger partial charge is 0.138 e. The molecule has 0 saturated carbocycles. The van der Waals surface area contributed by atoms with Gasteiger partial charge in [0.1, 0.15) is 5.78 Å². The molecule has 3 nitrogen and oxygen atoms in total. The Morgan fingerprint density at radius 1 is 1.62 bits per heavy atom. The van der Waals surface area contributed by atoms with Gasteiger partial charge in [0.25, 0.3) is 0 Å². The van der Waals surface area contributed by atoms with Crippen molar-refractivity contribution in [2.45, 2.75) is 26.7 Å². The number of hydrogen-bond donors (Lipinski definition) is 0. The molecule has 0 radical (unpaired) electrons. The molecule has 0 saturated heterocycles. The summed E-state index contributed by atoms with van der Waals surface area (Å²) in [6.07, 6.45) is 1.05. The Labute approximate surface area is 86.3 Å². The average Bonchev–Trinajstić information content (AvgIpc) is 2.32. The molecular formula is C9H13BrN2O. The third-order valence-corrected chi connectivity index (χ3v) is 3.05. The van der Waals surface area contributed by atoms with Gasteiger partial charge in [-0.2, -0.15) is 5.10 Å². The summed E-state index contributed by atoms with van der Waals surface area (Å²) in [6, 6.07) is 0. The maximum Gasteiger partial charge on any atom is 0.138 e. The molecule has 0 aliphatic heterocycles. The first-order valence-electron chi connectivity index (χ1n) is 4.26. The molecule has 0 bridgehead atoms. The summed E-state index contributed by atoms with van der Waals surface area (Å²) in [4.78, 5) is 11.2. The largest absolute Gasteiger partial charge is 0.299 e. The Morgan fingerprint density at radius 2 is 2.23 bits per heavy atom.